The number of nitrogens with one attached hydrogen (secondary N) is 1. The SMILES string of the molecule is CCC(C(=O)NC(C)C)N(Cc1ccc(Cl)cc1Cl)C(=O)CN(c1cc(OC)ccc1OC)S(=O)(=O)c1ccc(OC)c(OC)c1. The third-order valence-electron chi connectivity index (χ3n) is 7.05. The number of halogens is 2. The number of rotatable bonds is 15. The van der Waals surface area contributed by atoms with Gasteiger partial charge in [0.1, 0.15) is 24.1 Å². The van der Waals surface area contributed by atoms with Gasteiger partial charge in [0.2, 0.25) is 11.8 Å². The zero-order valence-electron chi connectivity index (χ0n) is 26.8. The third-order valence-corrected chi connectivity index (χ3v) is 9.39. The van der Waals surface area contributed by atoms with Gasteiger partial charge in [0, 0.05) is 34.8 Å². The Kier molecular flexibility index (Phi) is 12.8. The Morgan fingerprint density at radius 3 is 2.07 bits per heavy atom. The summed E-state index contributed by atoms with van der Waals surface area (Å²) in [6.07, 6.45) is 0.237. The lowest BCUT2D eigenvalue weighted by Crippen LogP contribution is -2.53. The molecule has 46 heavy (non-hydrogen) atoms. The summed E-state index contributed by atoms with van der Waals surface area (Å²) in [6, 6.07) is 12.3. The monoisotopic (exact) mass is 695 g/mol. The molecular formula is C32H39Cl2N3O8S. The minimum atomic E-state index is -4.49. The van der Waals surface area contributed by atoms with Crippen molar-refractivity contribution in [3.63, 3.8) is 0 Å². The Balaban J connectivity index is 2.22. The topological polar surface area (TPSA) is 124 Å². The maximum atomic E-state index is 14.4. The van der Waals surface area contributed by atoms with E-state index < -0.39 is 34.4 Å². The summed E-state index contributed by atoms with van der Waals surface area (Å²) in [5, 5.41) is 3.54. The second-order valence-electron chi connectivity index (χ2n) is 10.4. The molecule has 3 aromatic carbocycles. The zero-order valence-corrected chi connectivity index (χ0v) is 29.1. The average molecular weight is 697 g/mol. The van der Waals surface area contributed by atoms with Crippen molar-refractivity contribution in [3.05, 3.63) is 70.2 Å². The largest absolute Gasteiger partial charge is 0.497 e. The molecule has 0 fully saturated rings. The summed E-state index contributed by atoms with van der Waals surface area (Å²) in [6.45, 7) is 4.56. The molecule has 3 aromatic rings. The number of benzene rings is 3. The normalized spacial score (nSPS) is 11.9. The number of carbonyl (C=O) groups is 2. The van der Waals surface area contributed by atoms with Crippen LogP contribution in [-0.2, 0) is 26.2 Å². The predicted molar refractivity (Wildman–Crippen MR) is 178 cm³/mol. The van der Waals surface area contributed by atoms with Gasteiger partial charge in [0.25, 0.3) is 10.0 Å². The van der Waals surface area contributed by atoms with Crippen LogP contribution in [0.2, 0.25) is 10.0 Å². The van der Waals surface area contributed by atoms with Gasteiger partial charge in [-0.25, -0.2) is 8.42 Å². The molecule has 14 heteroatoms. The van der Waals surface area contributed by atoms with E-state index in [9.17, 15) is 18.0 Å². The first-order valence-electron chi connectivity index (χ1n) is 14.3. The van der Waals surface area contributed by atoms with Crippen molar-refractivity contribution in [2.75, 3.05) is 39.3 Å². The number of hydrogen-bond donors (Lipinski definition) is 1. The Hall–Kier alpha value is -3.87. The van der Waals surface area contributed by atoms with E-state index in [1.807, 2.05) is 0 Å². The third kappa shape index (κ3) is 8.48. The highest BCUT2D eigenvalue weighted by Crippen LogP contribution is 2.38. The van der Waals surface area contributed by atoms with Gasteiger partial charge in [-0.15, -0.1) is 0 Å². The number of nitrogens with zero attached hydrogens (tertiary/aromatic N) is 2. The number of anilines is 1. The van der Waals surface area contributed by atoms with E-state index in [2.05, 4.69) is 5.32 Å². The Bertz CT molecular complexity index is 1650. The zero-order chi connectivity index (χ0) is 34.2. The van der Waals surface area contributed by atoms with Crippen molar-refractivity contribution in [2.24, 2.45) is 0 Å². The first-order chi connectivity index (χ1) is 21.8. The predicted octanol–water partition coefficient (Wildman–Crippen LogP) is 5.56. The number of carbonyl (C=O) groups excluding carboxylic acids is 2. The molecule has 0 aliphatic carbocycles. The van der Waals surface area contributed by atoms with Crippen LogP contribution in [0.1, 0.15) is 32.8 Å². The molecule has 11 nitrogen and oxygen atoms in total. The maximum Gasteiger partial charge on any atom is 0.265 e. The van der Waals surface area contributed by atoms with E-state index in [4.69, 9.17) is 42.1 Å². The molecule has 0 saturated carbocycles. The van der Waals surface area contributed by atoms with Crippen LogP contribution < -0.4 is 28.6 Å². The first kappa shape index (κ1) is 36.6. The van der Waals surface area contributed by atoms with Crippen LogP contribution in [0.5, 0.6) is 23.0 Å². The van der Waals surface area contributed by atoms with Crippen molar-refractivity contribution in [1.82, 2.24) is 10.2 Å². The number of ether oxygens (including phenoxy) is 4. The van der Waals surface area contributed by atoms with Crippen LogP contribution in [0, 0.1) is 0 Å². The standard InChI is InChI=1S/C32H39Cl2N3O8S/c1-8-26(32(39)35-20(2)3)36(18-21-9-10-22(33)15-25(21)34)31(38)19-37(27-16-23(42-4)11-13-28(27)43-5)46(40,41)24-12-14-29(44-6)30(17-24)45-7/h9-17,20,26H,8,18-19H2,1-7H3,(H,35,39). The minimum Gasteiger partial charge on any atom is -0.497 e. The van der Waals surface area contributed by atoms with Crippen LogP contribution in [-0.4, -0.2) is 72.2 Å². The van der Waals surface area contributed by atoms with E-state index >= 15 is 0 Å². The molecule has 0 spiro atoms. The van der Waals surface area contributed by atoms with Gasteiger partial charge in [-0.3, -0.25) is 13.9 Å². The van der Waals surface area contributed by atoms with Crippen molar-refractivity contribution < 1.29 is 37.0 Å². The highest BCUT2D eigenvalue weighted by Gasteiger charge is 2.36. The molecule has 0 radical (unpaired) electrons. The van der Waals surface area contributed by atoms with Gasteiger partial charge >= 0.3 is 0 Å². The summed E-state index contributed by atoms with van der Waals surface area (Å²) < 4.78 is 51.4. The summed E-state index contributed by atoms with van der Waals surface area (Å²) in [5.41, 5.74) is 0.553. The second kappa shape index (κ2) is 16.1. The van der Waals surface area contributed by atoms with Crippen LogP contribution in [0.15, 0.2) is 59.5 Å². The molecule has 0 aliphatic rings. The summed E-state index contributed by atoms with van der Waals surface area (Å²) >= 11 is 12.6. The first-order valence-corrected chi connectivity index (χ1v) is 16.5. The van der Waals surface area contributed by atoms with E-state index in [0.29, 0.717) is 22.1 Å². The van der Waals surface area contributed by atoms with Crippen molar-refractivity contribution in [3.8, 4) is 23.0 Å². The molecule has 0 aliphatic heterocycles. The van der Waals surface area contributed by atoms with Crippen LogP contribution in [0.4, 0.5) is 5.69 Å². The van der Waals surface area contributed by atoms with E-state index in [1.54, 1.807) is 39.0 Å². The fourth-order valence-electron chi connectivity index (χ4n) is 4.74. The number of sulfonamides is 1. The summed E-state index contributed by atoms with van der Waals surface area (Å²) in [4.78, 5) is 28.9. The van der Waals surface area contributed by atoms with E-state index in [-0.39, 0.29) is 46.1 Å². The smallest absolute Gasteiger partial charge is 0.265 e. The molecule has 0 aromatic heterocycles. The molecule has 0 bridgehead atoms. The molecule has 1 unspecified atom stereocenters. The van der Waals surface area contributed by atoms with Crippen molar-refractivity contribution >= 4 is 50.7 Å². The Labute approximate surface area is 280 Å². The average Bonchev–Trinajstić information content (AvgIpc) is 3.03. The number of amides is 2. The highest BCUT2D eigenvalue weighted by molar-refractivity contribution is 7.92. The van der Waals surface area contributed by atoms with Gasteiger partial charge < -0.3 is 29.2 Å². The van der Waals surface area contributed by atoms with Gasteiger partial charge in [-0.1, -0.05) is 36.2 Å². The van der Waals surface area contributed by atoms with Gasteiger partial charge in [0.15, 0.2) is 11.5 Å². The number of hydrogen-bond acceptors (Lipinski definition) is 8. The van der Waals surface area contributed by atoms with Gasteiger partial charge in [0.05, 0.1) is 39.0 Å². The second-order valence-corrected chi connectivity index (χ2v) is 13.1. The van der Waals surface area contributed by atoms with Crippen LogP contribution in [0.3, 0.4) is 0 Å². The molecule has 1 atom stereocenters. The van der Waals surface area contributed by atoms with Crippen molar-refractivity contribution in [1.29, 1.82) is 0 Å². The fourth-order valence-corrected chi connectivity index (χ4v) is 6.64. The molecule has 1 N–H and O–H groups in total. The van der Waals surface area contributed by atoms with E-state index in [0.717, 1.165) is 4.31 Å². The summed E-state index contributed by atoms with van der Waals surface area (Å²) in [7, 11) is 1.14. The minimum absolute atomic E-state index is 0.0362. The summed E-state index contributed by atoms with van der Waals surface area (Å²) in [5.74, 6) is -0.105. The molecule has 0 saturated heterocycles. The lowest BCUT2D eigenvalue weighted by atomic mass is 10.1. The Morgan fingerprint density at radius 1 is 0.848 bits per heavy atom. The molecule has 250 valence electrons. The van der Waals surface area contributed by atoms with Gasteiger partial charge in [-0.05, 0) is 62.2 Å². The maximum absolute atomic E-state index is 14.4. The van der Waals surface area contributed by atoms with Crippen LogP contribution in [0.25, 0.3) is 0 Å². The Morgan fingerprint density at radius 2 is 1.50 bits per heavy atom. The quantitative estimate of drug-likeness (QED) is 0.219. The molecular weight excluding hydrogens is 657 g/mol. The molecule has 2 amide bonds. The van der Waals surface area contributed by atoms with Crippen molar-refractivity contribution in [2.45, 2.75) is 50.7 Å². The molecule has 0 heterocycles. The lowest BCUT2D eigenvalue weighted by Gasteiger charge is -2.34. The van der Waals surface area contributed by atoms with Crippen LogP contribution >= 0.6 is 23.2 Å². The van der Waals surface area contributed by atoms with E-state index in [1.165, 1.54) is 69.7 Å². The molecule has 3 rings (SSSR count). The number of methoxy groups -OCH3 is 4. The highest BCUT2D eigenvalue weighted by atomic mass is 35.5. The van der Waals surface area contributed by atoms with Gasteiger partial charge in [-0.2, -0.15) is 0 Å². The fraction of sp³-hybridized carbons (Fsp3) is 0.375. The lowest BCUT2D eigenvalue weighted by molar-refractivity contribution is -0.140.